The van der Waals surface area contributed by atoms with Crippen molar-refractivity contribution in [3.8, 4) is 0 Å². The fraction of sp³-hybridized carbons (Fsp3) is 0.538. The molecule has 0 radical (unpaired) electrons. The first-order valence-corrected chi connectivity index (χ1v) is 6.20. The lowest BCUT2D eigenvalue weighted by Crippen LogP contribution is -2.14. The zero-order chi connectivity index (χ0) is 12.1. The van der Waals surface area contributed by atoms with Crippen LogP contribution in [-0.4, -0.2) is 22.6 Å². The van der Waals surface area contributed by atoms with Gasteiger partial charge in [0.05, 0.1) is 0 Å². The molecule has 0 unspecified atom stereocenters. The van der Waals surface area contributed by atoms with Gasteiger partial charge in [-0.2, -0.15) is 0 Å². The molecule has 1 aliphatic heterocycles. The molecule has 19 heavy (non-hydrogen) atoms. The third-order valence-electron chi connectivity index (χ3n) is 3.03. The van der Waals surface area contributed by atoms with Crippen molar-refractivity contribution in [2.24, 2.45) is 0 Å². The molecule has 6 heteroatoms. The number of pyridine rings is 1. The van der Waals surface area contributed by atoms with Crippen molar-refractivity contribution in [1.82, 2.24) is 4.98 Å². The highest BCUT2D eigenvalue weighted by molar-refractivity contribution is 5.85. The number of carboxylic acid groups (broad SMARTS) is 1. The number of aromatic nitrogens is 1. The van der Waals surface area contributed by atoms with E-state index in [-0.39, 0.29) is 31.2 Å². The van der Waals surface area contributed by atoms with Gasteiger partial charge in [-0.3, -0.25) is 4.79 Å². The van der Waals surface area contributed by atoms with E-state index < -0.39 is 5.97 Å². The van der Waals surface area contributed by atoms with Crippen LogP contribution < -0.4 is 5.32 Å². The lowest BCUT2D eigenvalue weighted by Gasteiger charge is -2.17. The first-order chi connectivity index (χ1) is 8.25. The molecule has 2 heterocycles. The van der Waals surface area contributed by atoms with Crippen molar-refractivity contribution in [2.75, 3.05) is 11.9 Å². The summed E-state index contributed by atoms with van der Waals surface area (Å²) in [5, 5.41) is 11.8. The van der Waals surface area contributed by atoms with Crippen LogP contribution in [0.3, 0.4) is 0 Å². The highest BCUT2D eigenvalue weighted by Crippen LogP contribution is 2.20. The van der Waals surface area contributed by atoms with E-state index in [1.54, 1.807) is 0 Å². The van der Waals surface area contributed by atoms with Gasteiger partial charge < -0.3 is 10.4 Å². The fourth-order valence-electron chi connectivity index (χ4n) is 2.09. The standard InChI is InChI=1S/C13H18N2O2.2ClH/c16-12(17)6-2-1-5-11-8-7-10-4-3-9-14-13(10)15-11;;/h7-8H,1-6,9H2,(H,14,15)(H,16,17);2*1H. The van der Waals surface area contributed by atoms with E-state index in [1.165, 1.54) is 12.0 Å². The molecule has 4 nitrogen and oxygen atoms in total. The van der Waals surface area contributed by atoms with E-state index in [0.29, 0.717) is 0 Å². The van der Waals surface area contributed by atoms with Crippen LogP contribution in [-0.2, 0) is 17.6 Å². The van der Waals surface area contributed by atoms with Crippen molar-refractivity contribution in [3.05, 3.63) is 23.4 Å². The predicted molar refractivity (Wildman–Crippen MR) is 80.7 cm³/mol. The van der Waals surface area contributed by atoms with E-state index in [0.717, 1.165) is 43.7 Å². The summed E-state index contributed by atoms with van der Waals surface area (Å²) in [6, 6.07) is 4.20. The van der Waals surface area contributed by atoms with Crippen molar-refractivity contribution < 1.29 is 9.90 Å². The Labute approximate surface area is 125 Å². The number of aliphatic carboxylic acids is 1. The third-order valence-corrected chi connectivity index (χ3v) is 3.03. The van der Waals surface area contributed by atoms with E-state index >= 15 is 0 Å². The summed E-state index contributed by atoms with van der Waals surface area (Å²) < 4.78 is 0. The molecule has 2 rings (SSSR count). The number of nitrogens with zero attached hydrogens (tertiary/aromatic N) is 1. The van der Waals surface area contributed by atoms with Gasteiger partial charge in [0, 0.05) is 18.7 Å². The smallest absolute Gasteiger partial charge is 0.303 e. The molecule has 108 valence electrons. The SMILES string of the molecule is Cl.Cl.O=C(O)CCCCc1ccc2c(n1)NCCC2. The van der Waals surface area contributed by atoms with Gasteiger partial charge in [0.25, 0.3) is 0 Å². The number of anilines is 1. The quantitative estimate of drug-likeness (QED) is 0.821. The number of carboxylic acids is 1. The molecule has 1 aromatic rings. The average Bonchev–Trinajstić information content (AvgIpc) is 2.34. The van der Waals surface area contributed by atoms with E-state index in [2.05, 4.69) is 22.4 Å². The number of aryl methyl sites for hydroxylation is 2. The molecule has 1 aromatic heterocycles. The molecule has 2 N–H and O–H groups in total. The van der Waals surface area contributed by atoms with Crippen molar-refractivity contribution in [1.29, 1.82) is 0 Å². The van der Waals surface area contributed by atoms with Gasteiger partial charge >= 0.3 is 5.97 Å². The average molecular weight is 307 g/mol. The fourth-order valence-corrected chi connectivity index (χ4v) is 2.09. The number of carbonyl (C=O) groups is 1. The number of nitrogens with one attached hydrogen (secondary N) is 1. The Kier molecular flexibility index (Phi) is 8.52. The molecular formula is C13H20Cl2N2O2. The minimum Gasteiger partial charge on any atom is -0.481 e. The number of fused-ring (bicyclic) bond motifs is 1. The Hall–Kier alpha value is -1.00. The minimum atomic E-state index is -0.718. The molecule has 0 bridgehead atoms. The maximum absolute atomic E-state index is 10.4. The Morgan fingerprint density at radius 3 is 2.84 bits per heavy atom. The zero-order valence-corrected chi connectivity index (χ0v) is 12.4. The Balaban J connectivity index is 0.00000162. The molecule has 0 amide bonds. The van der Waals surface area contributed by atoms with Gasteiger partial charge in [0.15, 0.2) is 0 Å². The van der Waals surface area contributed by atoms with Crippen LogP contribution in [0.25, 0.3) is 0 Å². The predicted octanol–water partition coefficient (Wildman–Crippen LogP) is 3.08. The van der Waals surface area contributed by atoms with Crippen LogP contribution in [0.15, 0.2) is 12.1 Å². The van der Waals surface area contributed by atoms with Crippen molar-refractivity contribution in [2.45, 2.75) is 38.5 Å². The largest absolute Gasteiger partial charge is 0.481 e. The second kappa shape index (κ2) is 8.99. The van der Waals surface area contributed by atoms with E-state index in [4.69, 9.17) is 5.11 Å². The molecule has 0 spiro atoms. The van der Waals surface area contributed by atoms with Crippen LogP contribution in [0.4, 0.5) is 5.82 Å². The van der Waals surface area contributed by atoms with Gasteiger partial charge in [-0.1, -0.05) is 6.07 Å². The molecule has 0 aromatic carbocycles. The summed E-state index contributed by atoms with van der Waals surface area (Å²) in [6.07, 6.45) is 5.01. The second-order valence-electron chi connectivity index (χ2n) is 4.44. The first kappa shape index (κ1) is 18.0. The summed E-state index contributed by atoms with van der Waals surface area (Å²) in [5.74, 6) is 0.303. The van der Waals surface area contributed by atoms with Gasteiger partial charge in [0.2, 0.25) is 0 Å². The number of unbranched alkanes of at least 4 members (excludes halogenated alkanes) is 1. The highest BCUT2D eigenvalue weighted by atomic mass is 35.5. The van der Waals surface area contributed by atoms with E-state index in [1.807, 2.05) is 0 Å². The molecular weight excluding hydrogens is 287 g/mol. The maximum Gasteiger partial charge on any atom is 0.303 e. The number of hydrogen-bond donors (Lipinski definition) is 2. The van der Waals surface area contributed by atoms with Crippen LogP contribution >= 0.6 is 24.8 Å². The second-order valence-corrected chi connectivity index (χ2v) is 4.44. The van der Waals surface area contributed by atoms with Gasteiger partial charge in [0.1, 0.15) is 5.82 Å². The summed E-state index contributed by atoms with van der Waals surface area (Å²) >= 11 is 0. The topological polar surface area (TPSA) is 62.2 Å². The summed E-state index contributed by atoms with van der Waals surface area (Å²) in [5.41, 5.74) is 2.36. The maximum atomic E-state index is 10.4. The molecule has 0 saturated carbocycles. The monoisotopic (exact) mass is 306 g/mol. The summed E-state index contributed by atoms with van der Waals surface area (Å²) in [6.45, 7) is 1.00. The number of rotatable bonds is 5. The lowest BCUT2D eigenvalue weighted by molar-refractivity contribution is -0.137. The van der Waals surface area contributed by atoms with E-state index in [9.17, 15) is 4.79 Å². The minimum absolute atomic E-state index is 0. The molecule has 0 saturated heterocycles. The zero-order valence-electron chi connectivity index (χ0n) is 10.7. The third kappa shape index (κ3) is 5.66. The van der Waals surface area contributed by atoms with Crippen LogP contribution in [0, 0.1) is 0 Å². The normalized spacial score (nSPS) is 12.4. The Morgan fingerprint density at radius 2 is 2.11 bits per heavy atom. The van der Waals surface area contributed by atoms with Crippen molar-refractivity contribution >= 4 is 36.6 Å². The van der Waals surface area contributed by atoms with Gasteiger partial charge in [-0.15, -0.1) is 24.8 Å². The first-order valence-electron chi connectivity index (χ1n) is 6.20. The number of halogens is 2. The van der Waals surface area contributed by atoms with Gasteiger partial charge in [-0.25, -0.2) is 4.98 Å². The van der Waals surface area contributed by atoms with Gasteiger partial charge in [-0.05, 0) is 43.7 Å². The van der Waals surface area contributed by atoms with Crippen LogP contribution in [0.2, 0.25) is 0 Å². The lowest BCUT2D eigenvalue weighted by atomic mass is 10.1. The van der Waals surface area contributed by atoms with Crippen molar-refractivity contribution in [3.63, 3.8) is 0 Å². The Bertz CT molecular complexity index is 414. The number of hydrogen-bond acceptors (Lipinski definition) is 3. The van der Waals surface area contributed by atoms with Crippen LogP contribution in [0.1, 0.15) is 36.9 Å². The summed E-state index contributed by atoms with van der Waals surface area (Å²) in [7, 11) is 0. The highest BCUT2D eigenvalue weighted by Gasteiger charge is 2.10. The Morgan fingerprint density at radius 1 is 1.32 bits per heavy atom. The molecule has 1 aliphatic rings. The van der Waals surface area contributed by atoms with Crippen LogP contribution in [0.5, 0.6) is 0 Å². The summed E-state index contributed by atoms with van der Waals surface area (Å²) in [4.78, 5) is 14.9. The molecule has 0 atom stereocenters. The molecule has 0 aliphatic carbocycles. The molecule has 0 fully saturated rings.